The van der Waals surface area contributed by atoms with E-state index in [-0.39, 0.29) is 12.1 Å². The number of aromatic nitrogens is 2. The molecule has 0 spiro atoms. The Labute approximate surface area is 105 Å². The maximum atomic E-state index is 6.27. The number of aryl methyl sites for hydroxylation is 1. The fourth-order valence-corrected chi connectivity index (χ4v) is 2.16. The standard InChI is InChI=1S/C13H26N4/c1-6-10(3)17(5)13(12(14)7-2)11-8-15-16(4)9-11/h8-10,12-13H,6-7,14H2,1-5H3. The van der Waals surface area contributed by atoms with Gasteiger partial charge in [-0.2, -0.15) is 5.10 Å². The normalized spacial score (nSPS) is 17.1. The zero-order valence-corrected chi connectivity index (χ0v) is 11.7. The molecule has 0 bridgehead atoms. The predicted octanol–water partition coefficient (Wildman–Crippen LogP) is 1.93. The molecule has 0 radical (unpaired) electrons. The fraction of sp³-hybridized carbons (Fsp3) is 0.769. The van der Waals surface area contributed by atoms with Crippen molar-refractivity contribution in [2.45, 2.75) is 51.7 Å². The maximum Gasteiger partial charge on any atom is 0.0538 e. The number of likely N-dealkylation sites (N-methyl/N-ethyl adjacent to an activating group) is 1. The van der Waals surface area contributed by atoms with Gasteiger partial charge in [-0.05, 0) is 26.8 Å². The van der Waals surface area contributed by atoms with Gasteiger partial charge in [-0.3, -0.25) is 9.58 Å². The SMILES string of the molecule is CCC(N)C(c1cnn(C)c1)N(C)C(C)CC. The van der Waals surface area contributed by atoms with Crippen molar-refractivity contribution in [3.05, 3.63) is 18.0 Å². The Hall–Kier alpha value is -0.870. The predicted molar refractivity (Wildman–Crippen MR) is 71.7 cm³/mol. The lowest BCUT2D eigenvalue weighted by molar-refractivity contribution is 0.155. The molecule has 1 aromatic heterocycles. The Balaban J connectivity index is 2.95. The summed E-state index contributed by atoms with van der Waals surface area (Å²) in [6, 6.07) is 0.930. The summed E-state index contributed by atoms with van der Waals surface area (Å²) in [5, 5.41) is 4.26. The van der Waals surface area contributed by atoms with Crippen LogP contribution < -0.4 is 5.73 Å². The molecule has 0 aliphatic carbocycles. The number of nitrogens with two attached hydrogens (primary N) is 1. The molecule has 0 saturated heterocycles. The molecule has 4 heteroatoms. The van der Waals surface area contributed by atoms with Crippen LogP contribution in [0.5, 0.6) is 0 Å². The first kappa shape index (κ1) is 14.2. The van der Waals surface area contributed by atoms with Gasteiger partial charge in [0.1, 0.15) is 0 Å². The smallest absolute Gasteiger partial charge is 0.0538 e. The minimum absolute atomic E-state index is 0.151. The van der Waals surface area contributed by atoms with Gasteiger partial charge in [0.25, 0.3) is 0 Å². The van der Waals surface area contributed by atoms with Crippen molar-refractivity contribution < 1.29 is 0 Å². The molecule has 98 valence electrons. The molecule has 0 fully saturated rings. The van der Waals surface area contributed by atoms with Crippen LogP contribution in [0.2, 0.25) is 0 Å². The molecule has 1 heterocycles. The lowest BCUT2D eigenvalue weighted by atomic mass is 9.98. The van der Waals surface area contributed by atoms with Crippen LogP contribution in [0.25, 0.3) is 0 Å². The largest absolute Gasteiger partial charge is 0.326 e. The quantitative estimate of drug-likeness (QED) is 0.823. The van der Waals surface area contributed by atoms with Gasteiger partial charge >= 0.3 is 0 Å². The van der Waals surface area contributed by atoms with Crippen LogP contribution in [-0.4, -0.2) is 33.8 Å². The van der Waals surface area contributed by atoms with E-state index in [9.17, 15) is 0 Å². The molecule has 1 aromatic rings. The highest BCUT2D eigenvalue weighted by Gasteiger charge is 2.26. The summed E-state index contributed by atoms with van der Waals surface area (Å²) in [5.74, 6) is 0. The maximum absolute atomic E-state index is 6.27. The van der Waals surface area contributed by atoms with E-state index in [2.05, 4.69) is 44.0 Å². The second-order valence-electron chi connectivity index (χ2n) is 4.89. The van der Waals surface area contributed by atoms with Crippen molar-refractivity contribution in [1.82, 2.24) is 14.7 Å². The topological polar surface area (TPSA) is 47.1 Å². The van der Waals surface area contributed by atoms with Crippen molar-refractivity contribution in [3.63, 3.8) is 0 Å². The van der Waals surface area contributed by atoms with Crippen molar-refractivity contribution in [2.75, 3.05) is 7.05 Å². The Morgan fingerprint density at radius 2 is 2.06 bits per heavy atom. The van der Waals surface area contributed by atoms with Gasteiger partial charge in [-0.25, -0.2) is 0 Å². The summed E-state index contributed by atoms with van der Waals surface area (Å²) in [6.07, 6.45) is 6.10. The molecule has 1 rings (SSSR count). The summed E-state index contributed by atoms with van der Waals surface area (Å²) in [7, 11) is 4.10. The third-order valence-corrected chi connectivity index (χ3v) is 3.67. The minimum Gasteiger partial charge on any atom is -0.326 e. The molecule has 0 amide bonds. The molecule has 4 nitrogen and oxygen atoms in total. The summed E-state index contributed by atoms with van der Waals surface area (Å²) < 4.78 is 1.84. The number of nitrogens with zero attached hydrogens (tertiary/aromatic N) is 3. The van der Waals surface area contributed by atoms with Gasteiger partial charge in [0.15, 0.2) is 0 Å². The minimum atomic E-state index is 0.151. The van der Waals surface area contributed by atoms with E-state index in [0.29, 0.717) is 6.04 Å². The summed E-state index contributed by atoms with van der Waals surface area (Å²) in [4.78, 5) is 2.37. The van der Waals surface area contributed by atoms with Crippen molar-refractivity contribution in [1.29, 1.82) is 0 Å². The van der Waals surface area contributed by atoms with E-state index >= 15 is 0 Å². The van der Waals surface area contributed by atoms with Gasteiger partial charge < -0.3 is 5.73 Å². The molecule has 3 unspecified atom stereocenters. The van der Waals surface area contributed by atoms with E-state index in [1.54, 1.807) is 0 Å². The van der Waals surface area contributed by atoms with E-state index in [0.717, 1.165) is 12.8 Å². The number of rotatable bonds is 6. The zero-order chi connectivity index (χ0) is 13.0. The lowest BCUT2D eigenvalue weighted by Crippen LogP contribution is -2.42. The van der Waals surface area contributed by atoms with Crippen LogP contribution in [0.15, 0.2) is 12.4 Å². The fourth-order valence-electron chi connectivity index (χ4n) is 2.16. The first-order valence-electron chi connectivity index (χ1n) is 6.47. The molecule has 0 saturated carbocycles. The first-order valence-corrected chi connectivity index (χ1v) is 6.47. The number of hydrogen-bond donors (Lipinski definition) is 1. The highest BCUT2D eigenvalue weighted by molar-refractivity contribution is 5.13. The second-order valence-corrected chi connectivity index (χ2v) is 4.89. The van der Waals surface area contributed by atoms with E-state index in [1.807, 2.05) is 17.9 Å². The van der Waals surface area contributed by atoms with Gasteiger partial charge in [-0.1, -0.05) is 13.8 Å². The van der Waals surface area contributed by atoms with Crippen LogP contribution in [0.4, 0.5) is 0 Å². The Bertz CT molecular complexity index is 334. The summed E-state index contributed by atoms with van der Waals surface area (Å²) in [6.45, 7) is 6.59. The number of hydrogen-bond acceptors (Lipinski definition) is 3. The lowest BCUT2D eigenvalue weighted by Gasteiger charge is -2.35. The highest BCUT2D eigenvalue weighted by Crippen LogP contribution is 2.25. The first-order chi connectivity index (χ1) is 8.01. The van der Waals surface area contributed by atoms with Crippen molar-refractivity contribution in [3.8, 4) is 0 Å². The Morgan fingerprint density at radius 3 is 2.47 bits per heavy atom. The highest BCUT2D eigenvalue weighted by atomic mass is 15.3. The van der Waals surface area contributed by atoms with Crippen LogP contribution >= 0.6 is 0 Å². The average Bonchev–Trinajstić information content (AvgIpc) is 2.74. The van der Waals surface area contributed by atoms with E-state index in [1.165, 1.54) is 5.56 Å². The molecule has 0 aliphatic rings. The van der Waals surface area contributed by atoms with Gasteiger partial charge in [0.05, 0.1) is 12.2 Å². The Kier molecular flexibility index (Phi) is 5.15. The van der Waals surface area contributed by atoms with Crippen LogP contribution in [0.3, 0.4) is 0 Å². The van der Waals surface area contributed by atoms with Crippen LogP contribution in [0, 0.1) is 0 Å². The molecular weight excluding hydrogens is 212 g/mol. The third-order valence-electron chi connectivity index (χ3n) is 3.67. The summed E-state index contributed by atoms with van der Waals surface area (Å²) >= 11 is 0. The average molecular weight is 238 g/mol. The molecule has 0 aliphatic heterocycles. The molecular formula is C13H26N4. The van der Waals surface area contributed by atoms with Crippen molar-refractivity contribution >= 4 is 0 Å². The monoisotopic (exact) mass is 238 g/mol. The van der Waals surface area contributed by atoms with Gasteiger partial charge in [0, 0.05) is 30.9 Å². The van der Waals surface area contributed by atoms with Gasteiger partial charge in [0.2, 0.25) is 0 Å². The molecule has 17 heavy (non-hydrogen) atoms. The van der Waals surface area contributed by atoms with Crippen LogP contribution in [0.1, 0.15) is 45.2 Å². The van der Waals surface area contributed by atoms with Crippen LogP contribution in [-0.2, 0) is 7.05 Å². The summed E-state index contributed by atoms with van der Waals surface area (Å²) in [5.41, 5.74) is 7.49. The van der Waals surface area contributed by atoms with E-state index < -0.39 is 0 Å². The molecule has 0 aromatic carbocycles. The molecule has 3 atom stereocenters. The second kappa shape index (κ2) is 6.17. The Morgan fingerprint density at radius 1 is 1.41 bits per heavy atom. The van der Waals surface area contributed by atoms with Crippen molar-refractivity contribution in [2.24, 2.45) is 12.8 Å². The van der Waals surface area contributed by atoms with E-state index in [4.69, 9.17) is 5.73 Å². The van der Waals surface area contributed by atoms with Gasteiger partial charge in [-0.15, -0.1) is 0 Å². The molecule has 2 N–H and O–H groups in total. The third kappa shape index (κ3) is 3.30. The zero-order valence-electron chi connectivity index (χ0n) is 11.7.